The number of thioether (sulfide) groups is 1. The van der Waals surface area contributed by atoms with E-state index in [1.807, 2.05) is 6.26 Å². The van der Waals surface area contributed by atoms with Gasteiger partial charge in [-0.2, -0.15) is 11.8 Å². The Hall–Kier alpha value is -4.79. The van der Waals surface area contributed by atoms with Crippen molar-refractivity contribution in [3.8, 4) is 0 Å². The van der Waals surface area contributed by atoms with Gasteiger partial charge in [0.25, 0.3) is 0 Å². The number of nitrogens with two attached hydrogens (primary N) is 1. The maximum absolute atomic E-state index is 14.1. The molecule has 0 aliphatic heterocycles. The second-order valence-electron chi connectivity index (χ2n) is 13.9. The molecule has 0 bridgehead atoms. The molecular formula is C37H63N11O8S2. The van der Waals surface area contributed by atoms with Gasteiger partial charge in [0.2, 0.25) is 47.3 Å². The zero-order valence-corrected chi connectivity index (χ0v) is 35.9. The van der Waals surface area contributed by atoms with Crippen molar-refractivity contribution in [3.05, 3.63) is 18.2 Å². The Morgan fingerprint density at radius 2 is 1.05 bits per heavy atom. The van der Waals surface area contributed by atoms with E-state index < -0.39 is 65.7 Å². The minimum atomic E-state index is -1.16. The standard InChI is InChI=1S/C37H63N11O8S2/c1-23(49)40-16-9-6-12-29(34(53)45-28(33(38)52)15-19-58-5)46-35(54)30(14-8-11-18-42-26(4)57)47-36(55)31(13-7-10-17-41-24(2)50)48-37(56)32(44-25(3)51)20-27-21-39-22-43-27/h21-22,28-32H,6-20H2,1-5H3,(H2,38,52)(H,39,43)(H,40,49)(H,41,50)(H,42,57)(H,44,51)(H,45,53)(H,46,54)(H,47,55)(H,48,56)/t28-,29-,30-,31-,32-/m0/s1. The first-order chi connectivity index (χ1) is 27.5. The lowest BCUT2D eigenvalue weighted by Gasteiger charge is -2.27. The zero-order valence-electron chi connectivity index (χ0n) is 34.3. The van der Waals surface area contributed by atoms with E-state index in [2.05, 4.69) is 52.5 Å². The first kappa shape index (κ1) is 51.2. The Bertz CT molecular complexity index is 1500. The molecule has 0 radical (unpaired) electrons. The van der Waals surface area contributed by atoms with Crippen molar-refractivity contribution in [2.24, 2.45) is 5.73 Å². The van der Waals surface area contributed by atoms with Crippen LogP contribution in [0.3, 0.4) is 0 Å². The average molecular weight is 854 g/mol. The average Bonchev–Trinajstić information content (AvgIpc) is 3.66. The molecule has 0 aliphatic rings. The van der Waals surface area contributed by atoms with E-state index in [9.17, 15) is 38.4 Å². The normalized spacial score (nSPS) is 13.3. The maximum atomic E-state index is 14.1. The highest BCUT2D eigenvalue weighted by molar-refractivity contribution is 7.98. The summed E-state index contributed by atoms with van der Waals surface area (Å²) < 4.78 is 0. The minimum absolute atomic E-state index is 0.0602. The molecule has 0 aliphatic carbocycles. The number of aromatic amines is 1. The molecule has 0 unspecified atom stereocenters. The van der Waals surface area contributed by atoms with Gasteiger partial charge in [-0.25, -0.2) is 4.98 Å². The highest BCUT2D eigenvalue weighted by atomic mass is 32.2. The third kappa shape index (κ3) is 23.4. The largest absolute Gasteiger partial charge is 0.380 e. The van der Waals surface area contributed by atoms with Crippen LogP contribution in [0.2, 0.25) is 0 Å². The number of hydrogen-bond acceptors (Lipinski definition) is 11. The predicted octanol–water partition coefficient (Wildman–Crippen LogP) is -0.645. The number of nitrogens with zero attached hydrogens (tertiary/aromatic N) is 1. The number of amides is 8. The van der Waals surface area contributed by atoms with Gasteiger partial charge >= 0.3 is 0 Å². The molecule has 0 spiro atoms. The molecule has 0 saturated carbocycles. The number of carbonyl (C=O) groups is 8. The highest BCUT2D eigenvalue weighted by Crippen LogP contribution is 2.10. The fraction of sp³-hybridized carbons (Fsp3) is 0.676. The monoisotopic (exact) mass is 853 g/mol. The summed E-state index contributed by atoms with van der Waals surface area (Å²) in [6.07, 6.45) is 8.43. The lowest BCUT2D eigenvalue weighted by molar-refractivity contribution is -0.135. The predicted molar refractivity (Wildman–Crippen MR) is 225 cm³/mol. The molecule has 11 N–H and O–H groups in total. The van der Waals surface area contributed by atoms with Crippen molar-refractivity contribution < 1.29 is 38.4 Å². The summed E-state index contributed by atoms with van der Waals surface area (Å²) in [6, 6.07) is -5.47. The van der Waals surface area contributed by atoms with Gasteiger partial charge in [-0.3, -0.25) is 38.4 Å². The summed E-state index contributed by atoms with van der Waals surface area (Å²) in [5, 5.41) is 22.0. The topological polar surface area (TPSA) is 287 Å². The van der Waals surface area contributed by atoms with Crippen molar-refractivity contribution in [2.45, 2.75) is 129 Å². The summed E-state index contributed by atoms with van der Waals surface area (Å²) in [7, 11) is 0. The van der Waals surface area contributed by atoms with Crippen molar-refractivity contribution in [3.63, 3.8) is 0 Å². The second kappa shape index (κ2) is 29.4. The van der Waals surface area contributed by atoms with Gasteiger partial charge in [-0.15, -0.1) is 0 Å². The van der Waals surface area contributed by atoms with E-state index in [4.69, 9.17) is 18.0 Å². The van der Waals surface area contributed by atoms with Crippen LogP contribution < -0.4 is 48.3 Å². The summed E-state index contributed by atoms with van der Waals surface area (Å²) in [5.41, 5.74) is 6.14. The first-order valence-corrected chi connectivity index (χ1v) is 21.3. The number of hydrogen-bond donors (Lipinski definition) is 10. The van der Waals surface area contributed by atoms with Crippen molar-refractivity contribution in [1.82, 2.24) is 52.5 Å². The maximum Gasteiger partial charge on any atom is 0.243 e. The number of H-pyrrole nitrogens is 1. The molecule has 58 heavy (non-hydrogen) atoms. The molecule has 5 atom stereocenters. The molecule has 1 aromatic heterocycles. The Morgan fingerprint density at radius 1 is 0.621 bits per heavy atom. The van der Waals surface area contributed by atoms with Gasteiger partial charge in [0.05, 0.1) is 11.3 Å². The number of thiocarbonyl (C=S) groups is 1. The van der Waals surface area contributed by atoms with E-state index in [1.54, 1.807) is 6.92 Å². The van der Waals surface area contributed by atoms with Crippen molar-refractivity contribution in [2.75, 3.05) is 31.6 Å². The fourth-order valence-electron chi connectivity index (χ4n) is 5.70. The first-order valence-electron chi connectivity index (χ1n) is 19.5. The molecule has 326 valence electrons. The quantitative estimate of drug-likeness (QED) is 0.0342. The van der Waals surface area contributed by atoms with E-state index in [-0.39, 0.29) is 43.9 Å². The number of rotatable bonds is 30. The minimum Gasteiger partial charge on any atom is -0.380 e. The number of nitrogens with one attached hydrogen (secondary N) is 9. The fourth-order valence-corrected chi connectivity index (χ4v) is 6.27. The smallest absolute Gasteiger partial charge is 0.243 e. The van der Waals surface area contributed by atoms with Crippen LogP contribution >= 0.6 is 24.0 Å². The summed E-state index contributed by atoms with van der Waals surface area (Å²) in [6.45, 7) is 7.00. The van der Waals surface area contributed by atoms with Gasteiger partial charge in [0.1, 0.15) is 30.2 Å². The SMILES string of the molecule is CSCC[C@H](NC(=O)[C@H](CCCCNC(C)=O)NC(=O)[C@H](CCCCNC(C)=S)NC(=O)[C@H](CCCCNC(C)=O)NC(=O)[C@H](Cc1cnc[nH]1)NC(C)=O)C(N)=O. The second-order valence-corrected chi connectivity index (χ2v) is 15.5. The molecule has 19 nitrogen and oxygen atoms in total. The number of unbranched alkanes of at least 4 members (excludes halogenated alkanes) is 3. The molecule has 21 heteroatoms. The number of aromatic nitrogens is 2. The summed E-state index contributed by atoms with van der Waals surface area (Å²) in [5.74, 6) is -3.68. The van der Waals surface area contributed by atoms with Crippen LogP contribution in [0.25, 0.3) is 0 Å². The Morgan fingerprint density at radius 3 is 1.41 bits per heavy atom. The van der Waals surface area contributed by atoms with Crippen LogP contribution in [0.1, 0.15) is 97.6 Å². The van der Waals surface area contributed by atoms with Crippen LogP contribution in [-0.2, 0) is 44.8 Å². The van der Waals surface area contributed by atoms with Crippen LogP contribution in [0, 0.1) is 0 Å². The van der Waals surface area contributed by atoms with Crippen molar-refractivity contribution in [1.29, 1.82) is 0 Å². The van der Waals surface area contributed by atoms with E-state index in [1.165, 1.54) is 45.1 Å². The molecule has 8 amide bonds. The Balaban J connectivity index is 3.39. The van der Waals surface area contributed by atoms with E-state index in [0.717, 1.165) is 0 Å². The van der Waals surface area contributed by atoms with Gasteiger partial charge < -0.3 is 53.3 Å². The van der Waals surface area contributed by atoms with E-state index >= 15 is 0 Å². The number of primary amides is 1. The van der Waals surface area contributed by atoms with Crippen molar-refractivity contribution >= 4 is 76.2 Å². The van der Waals surface area contributed by atoms with E-state index in [0.29, 0.717) is 74.6 Å². The van der Waals surface area contributed by atoms with Gasteiger partial charge in [0.15, 0.2) is 0 Å². The number of imidazole rings is 1. The van der Waals surface area contributed by atoms with Gasteiger partial charge in [-0.1, -0.05) is 12.2 Å². The Labute approximate surface area is 350 Å². The lowest BCUT2D eigenvalue weighted by Crippen LogP contribution is -2.59. The third-order valence-electron chi connectivity index (χ3n) is 8.72. The highest BCUT2D eigenvalue weighted by Gasteiger charge is 2.32. The third-order valence-corrected chi connectivity index (χ3v) is 9.51. The summed E-state index contributed by atoms with van der Waals surface area (Å²) >= 11 is 6.57. The molecule has 1 aromatic rings. The van der Waals surface area contributed by atoms with Crippen LogP contribution in [0.5, 0.6) is 0 Å². The molecule has 1 rings (SSSR count). The summed E-state index contributed by atoms with van der Waals surface area (Å²) in [4.78, 5) is 110. The van der Waals surface area contributed by atoms with Crippen LogP contribution in [0.15, 0.2) is 12.5 Å². The molecule has 0 aromatic carbocycles. The molecule has 0 fully saturated rings. The van der Waals surface area contributed by atoms with Crippen LogP contribution in [0.4, 0.5) is 0 Å². The lowest BCUT2D eigenvalue weighted by atomic mass is 10.0. The Kier molecular flexibility index (Phi) is 26.0. The van der Waals surface area contributed by atoms with Gasteiger partial charge in [-0.05, 0) is 83.1 Å². The molecule has 0 saturated heterocycles. The zero-order chi connectivity index (χ0) is 43.5. The molecular weight excluding hydrogens is 791 g/mol. The van der Waals surface area contributed by atoms with Gasteiger partial charge in [0, 0.05) is 58.7 Å². The van der Waals surface area contributed by atoms with Crippen LogP contribution in [-0.4, -0.2) is 124 Å². The number of carbonyl (C=O) groups excluding carboxylic acids is 8. The molecule has 1 heterocycles.